The van der Waals surface area contributed by atoms with Gasteiger partial charge in [0.05, 0.1) is 9.92 Å². The highest BCUT2D eigenvalue weighted by molar-refractivity contribution is 7.89. The van der Waals surface area contributed by atoms with Gasteiger partial charge in [-0.3, -0.25) is 0 Å². The SMILES string of the molecule is CN(C)CCCNS(=O)(=O)c1ccc(Nc2nc3ncnc(Nc4ccc(F)c(Cl)c4)c3s2)cc1. The van der Waals surface area contributed by atoms with Crippen molar-refractivity contribution in [2.24, 2.45) is 0 Å². The number of hydrogen-bond donors (Lipinski definition) is 3. The van der Waals surface area contributed by atoms with Crippen LogP contribution in [-0.4, -0.2) is 55.5 Å². The summed E-state index contributed by atoms with van der Waals surface area (Å²) < 4.78 is 41.7. The monoisotopic (exact) mass is 535 g/mol. The first-order chi connectivity index (χ1) is 16.7. The summed E-state index contributed by atoms with van der Waals surface area (Å²) in [6.45, 7) is 1.17. The Bertz CT molecular complexity index is 1430. The van der Waals surface area contributed by atoms with Gasteiger partial charge in [0.25, 0.3) is 0 Å². The van der Waals surface area contributed by atoms with Gasteiger partial charge in [0.2, 0.25) is 10.0 Å². The van der Waals surface area contributed by atoms with E-state index in [1.807, 2.05) is 19.0 Å². The summed E-state index contributed by atoms with van der Waals surface area (Å²) in [6.07, 6.45) is 2.10. The van der Waals surface area contributed by atoms with Crippen LogP contribution in [-0.2, 0) is 10.0 Å². The van der Waals surface area contributed by atoms with Crippen LogP contribution < -0.4 is 15.4 Å². The Morgan fingerprint density at radius 1 is 1.06 bits per heavy atom. The van der Waals surface area contributed by atoms with E-state index in [0.717, 1.165) is 13.0 Å². The quantitative estimate of drug-likeness (QED) is 0.253. The molecule has 35 heavy (non-hydrogen) atoms. The van der Waals surface area contributed by atoms with Crippen molar-refractivity contribution in [1.29, 1.82) is 0 Å². The fraction of sp³-hybridized carbons (Fsp3) is 0.227. The molecule has 2 heterocycles. The molecule has 0 unspecified atom stereocenters. The number of fused-ring (bicyclic) bond motifs is 1. The van der Waals surface area contributed by atoms with Crippen LogP contribution >= 0.6 is 22.9 Å². The van der Waals surface area contributed by atoms with Crippen molar-refractivity contribution in [3.05, 3.63) is 59.6 Å². The highest BCUT2D eigenvalue weighted by Crippen LogP contribution is 2.33. The Kier molecular flexibility index (Phi) is 7.77. The van der Waals surface area contributed by atoms with Crippen LogP contribution in [0.4, 0.5) is 26.7 Å². The lowest BCUT2D eigenvalue weighted by molar-refractivity contribution is 0.400. The van der Waals surface area contributed by atoms with Crippen molar-refractivity contribution < 1.29 is 12.8 Å². The number of hydrogen-bond acceptors (Lipinski definition) is 9. The molecule has 0 saturated carbocycles. The predicted octanol–water partition coefficient (Wildman–Crippen LogP) is 4.60. The number of benzene rings is 2. The third kappa shape index (κ3) is 6.41. The zero-order chi connectivity index (χ0) is 25.0. The average molecular weight is 536 g/mol. The second kappa shape index (κ2) is 10.8. The number of rotatable bonds is 10. The van der Waals surface area contributed by atoms with Crippen molar-refractivity contribution in [2.75, 3.05) is 37.8 Å². The van der Waals surface area contributed by atoms with E-state index in [-0.39, 0.29) is 9.92 Å². The Hall–Kier alpha value is -2.90. The molecule has 0 radical (unpaired) electrons. The Labute approximate surface area is 211 Å². The van der Waals surface area contributed by atoms with E-state index in [0.29, 0.717) is 39.2 Å². The molecule has 0 saturated heterocycles. The average Bonchev–Trinajstić information content (AvgIpc) is 3.23. The lowest BCUT2D eigenvalue weighted by Gasteiger charge is -2.10. The smallest absolute Gasteiger partial charge is 0.240 e. The highest BCUT2D eigenvalue weighted by Gasteiger charge is 2.15. The van der Waals surface area contributed by atoms with Gasteiger partial charge in [-0.2, -0.15) is 4.98 Å². The zero-order valence-electron chi connectivity index (χ0n) is 18.9. The number of aromatic nitrogens is 3. The Balaban J connectivity index is 1.46. The standard InChI is InChI=1S/C22H23ClFN7O2S2/c1-31(2)11-3-10-27-35(32,33)16-7-4-14(5-8-16)29-22-30-21-19(34-22)20(25-13-26-21)28-15-6-9-18(24)17(23)12-15/h4-9,12-13,27H,3,10-11H2,1-2H3,(H2,25,26,28,29,30). The molecule has 0 aliphatic heterocycles. The highest BCUT2D eigenvalue weighted by atomic mass is 35.5. The molecule has 4 rings (SSSR count). The molecule has 0 spiro atoms. The molecule has 2 aromatic carbocycles. The third-order valence-corrected chi connectivity index (χ3v) is 7.60. The number of nitrogens with one attached hydrogen (secondary N) is 3. The van der Waals surface area contributed by atoms with E-state index < -0.39 is 15.8 Å². The molecule has 0 aliphatic rings. The van der Waals surface area contributed by atoms with E-state index in [9.17, 15) is 12.8 Å². The molecule has 0 fully saturated rings. The van der Waals surface area contributed by atoms with Crippen LogP contribution in [0.3, 0.4) is 0 Å². The van der Waals surface area contributed by atoms with E-state index >= 15 is 0 Å². The van der Waals surface area contributed by atoms with Gasteiger partial charge >= 0.3 is 0 Å². The molecule has 184 valence electrons. The molecule has 0 bridgehead atoms. The van der Waals surface area contributed by atoms with Crippen molar-refractivity contribution >= 4 is 65.6 Å². The number of anilines is 4. The molecule has 4 aromatic rings. The zero-order valence-corrected chi connectivity index (χ0v) is 21.3. The number of sulfonamides is 1. The summed E-state index contributed by atoms with van der Waals surface area (Å²) in [4.78, 5) is 15.1. The fourth-order valence-corrected chi connectivity index (χ4v) is 5.27. The first kappa shape index (κ1) is 25.2. The first-order valence-electron chi connectivity index (χ1n) is 10.6. The molecular formula is C22H23ClFN7O2S2. The normalized spacial score (nSPS) is 11.8. The Morgan fingerprint density at radius 3 is 2.51 bits per heavy atom. The van der Waals surface area contributed by atoms with E-state index in [4.69, 9.17) is 11.6 Å². The number of thiazole rings is 1. The van der Waals surface area contributed by atoms with E-state index in [1.165, 1.54) is 41.9 Å². The molecule has 0 aliphatic carbocycles. The molecule has 9 nitrogen and oxygen atoms in total. The van der Waals surface area contributed by atoms with Crippen molar-refractivity contribution in [1.82, 2.24) is 24.6 Å². The summed E-state index contributed by atoms with van der Waals surface area (Å²) in [5.74, 6) is -0.00161. The molecule has 0 amide bonds. The van der Waals surface area contributed by atoms with Crippen LogP contribution in [0.2, 0.25) is 5.02 Å². The van der Waals surface area contributed by atoms with Crippen LogP contribution in [0.1, 0.15) is 6.42 Å². The minimum absolute atomic E-state index is 0.00110. The minimum atomic E-state index is -3.58. The second-order valence-corrected chi connectivity index (χ2v) is 11.0. The summed E-state index contributed by atoms with van der Waals surface area (Å²) in [7, 11) is 0.305. The number of halogens is 2. The largest absolute Gasteiger partial charge is 0.339 e. The van der Waals surface area contributed by atoms with Crippen LogP contribution in [0.25, 0.3) is 10.3 Å². The second-order valence-electron chi connectivity index (χ2n) is 7.85. The predicted molar refractivity (Wildman–Crippen MR) is 138 cm³/mol. The maximum Gasteiger partial charge on any atom is 0.240 e. The lowest BCUT2D eigenvalue weighted by Crippen LogP contribution is -2.27. The van der Waals surface area contributed by atoms with Crippen LogP contribution in [0.15, 0.2) is 53.7 Å². The van der Waals surface area contributed by atoms with Gasteiger partial charge in [-0.25, -0.2) is 27.5 Å². The summed E-state index contributed by atoms with van der Waals surface area (Å²) in [5, 5.41) is 6.83. The van der Waals surface area contributed by atoms with Gasteiger partial charge in [0, 0.05) is 17.9 Å². The van der Waals surface area contributed by atoms with Gasteiger partial charge in [0.1, 0.15) is 16.8 Å². The van der Waals surface area contributed by atoms with Gasteiger partial charge in [0.15, 0.2) is 16.6 Å². The molecule has 0 atom stereocenters. The topological polar surface area (TPSA) is 112 Å². The Morgan fingerprint density at radius 2 is 1.80 bits per heavy atom. The van der Waals surface area contributed by atoms with Gasteiger partial charge < -0.3 is 15.5 Å². The van der Waals surface area contributed by atoms with Crippen molar-refractivity contribution in [3.63, 3.8) is 0 Å². The van der Waals surface area contributed by atoms with Crippen LogP contribution in [0.5, 0.6) is 0 Å². The van der Waals surface area contributed by atoms with Crippen molar-refractivity contribution in [2.45, 2.75) is 11.3 Å². The fourth-order valence-electron chi connectivity index (χ4n) is 3.13. The minimum Gasteiger partial charge on any atom is -0.339 e. The maximum atomic E-state index is 13.4. The molecular weight excluding hydrogens is 513 g/mol. The molecule has 13 heteroatoms. The summed E-state index contributed by atoms with van der Waals surface area (Å²) in [6, 6.07) is 10.7. The van der Waals surface area contributed by atoms with Gasteiger partial charge in [-0.15, -0.1) is 0 Å². The van der Waals surface area contributed by atoms with Crippen LogP contribution in [0, 0.1) is 5.82 Å². The maximum absolute atomic E-state index is 13.4. The van der Waals surface area contributed by atoms with Crippen molar-refractivity contribution in [3.8, 4) is 0 Å². The van der Waals surface area contributed by atoms with Gasteiger partial charge in [-0.1, -0.05) is 22.9 Å². The lowest BCUT2D eigenvalue weighted by atomic mass is 10.3. The van der Waals surface area contributed by atoms with E-state index in [1.54, 1.807) is 18.2 Å². The first-order valence-corrected chi connectivity index (χ1v) is 13.2. The molecule has 3 N–H and O–H groups in total. The molecule has 2 aromatic heterocycles. The number of nitrogens with zero attached hydrogens (tertiary/aromatic N) is 4. The third-order valence-electron chi connectivity index (χ3n) is 4.86. The van der Waals surface area contributed by atoms with Gasteiger partial charge in [-0.05, 0) is 69.5 Å². The summed E-state index contributed by atoms with van der Waals surface area (Å²) >= 11 is 7.18. The summed E-state index contributed by atoms with van der Waals surface area (Å²) in [5.41, 5.74) is 1.72. The van der Waals surface area contributed by atoms with E-state index in [2.05, 4.69) is 30.3 Å².